The van der Waals surface area contributed by atoms with Crippen LogP contribution in [-0.2, 0) is 0 Å². The molecule has 1 fully saturated rings. The van der Waals surface area contributed by atoms with Gasteiger partial charge in [0.05, 0.1) is 6.07 Å². The van der Waals surface area contributed by atoms with Gasteiger partial charge in [-0.15, -0.1) is 0 Å². The second-order valence-electron chi connectivity index (χ2n) is 4.78. The van der Waals surface area contributed by atoms with Crippen molar-refractivity contribution in [3.63, 3.8) is 0 Å². The molecule has 0 unspecified atom stereocenters. The molecule has 1 saturated carbocycles. The van der Waals surface area contributed by atoms with Crippen LogP contribution >= 0.6 is 0 Å². The second-order valence-corrected chi connectivity index (χ2v) is 4.78. The quantitative estimate of drug-likeness (QED) is 0.811. The first kappa shape index (κ1) is 12.6. The van der Waals surface area contributed by atoms with E-state index in [4.69, 9.17) is 0 Å². The average molecular weight is 243 g/mol. The van der Waals surface area contributed by atoms with Crippen molar-refractivity contribution in [3.8, 4) is 6.07 Å². The van der Waals surface area contributed by atoms with Crippen LogP contribution in [0.15, 0.2) is 24.4 Å². The summed E-state index contributed by atoms with van der Waals surface area (Å²) in [6.07, 6.45) is 7.34. The van der Waals surface area contributed by atoms with E-state index in [2.05, 4.69) is 16.4 Å². The topological polar surface area (TPSA) is 65.8 Å². The standard InChI is InChI=1S/C14H17N3O/c15-11-14(8-4-1-2-5-9-14)17-13(18)12-7-3-6-10-16-12/h3,6-7,10H,1-2,4-5,8-9H2,(H,17,18). The van der Waals surface area contributed by atoms with Gasteiger partial charge in [0.1, 0.15) is 11.2 Å². The lowest BCUT2D eigenvalue weighted by Gasteiger charge is -2.26. The van der Waals surface area contributed by atoms with Crippen LogP contribution in [0.4, 0.5) is 0 Å². The highest BCUT2D eigenvalue weighted by atomic mass is 16.2. The molecule has 4 heteroatoms. The molecule has 2 rings (SSSR count). The number of pyridine rings is 1. The van der Waals surface area contributed by atoms with Crippen molar-refractivity contribution < 1.29 is 4.79 Å². The highest BCUT2D eigenvalue weighted by Crippen LogP contribution is 2.26. The Balaban J connectivity index is 2.11. The van der Waals surface area contributed by atoms with Gasteiger partial charge in [-0.1, -0.05) is 31.7 Å². The van der Waals surface area contributed by atoms with Gasteiger partial charge in [-0.25, -0.2) is 0 Å². The summed E-state index contributed by atoms with van der Waals surface area (Å²) in [4.78, 5) is 16.1. The SMILES string of the molecule is N#CC1(NC(=O)c2ccccn2)CCCCCC1. The first-order valence-corrected chi connectivity index (χ1v) is 6.41. The molecule has 1 heterocycles. The summed E-state index contributed by atoms with van der Waals surface area (Å²) in [5.41, 5.74) is -0.332. The molecule has 1 aromatic rings. The number of hydrogen-bond donors (Lipinski definition) is 1. The number of carbonyl (C=O) groups excluding carboxylic acids is 1. The molecule has 0 bridgehead atoms. The zero-order chi connectivity index (χ0) is 12.8. The van der Waals surface area contributed by atoms with Crippen LogP contribution < -0.4 is 5.32 Å². The van der Waals surface area contributed by atoms with Crippen LogP contribution in [0.3, 0.4) is 0 Å². The van der Waals surface area contributed by atoms with Gasteiger partial charge in [0.15, 0.2) is 0 Å². The molecule has 1 aromatic heterocycles. The summed E-state index contributed by atoms with van der Waals surface area (Å²) in [5, 5.41) is 12.3. The summed E-state index contributed by atoms with van der Waals surface area (Å²) in [5.74, 6) is -0.251. The first-order valence-electron chi connectivity index (χ1n) is 6.41. The lowest BCUT2D eigenvalue weighted by atomic mass is 9.91. The van der Waals surface area contributed by atoms with Crippen molar-refractivity contribution in [3.05, 3.63) is 30.1 Å². The maximum absolute atomic E-state index is 12.1. The molecule has 1 N–H and O–H groups in total. The van der Waals surface area contributed by atoms with Gasteiger partial charge in [0.25, 0.3) is 5.91 Å². The number of aromatic nitrogens is 1. The van der Waals surface area contributed by atoms with E-state index >= 15 is 0 Å². The van der Waals surface area contributed by atoms with Crippen molar-refractivity contribution in [2.24, 2.45) is 0 Å². The van der Waals surface area contributed by atoms with Crippen LogP contribution in [0.5, 0.6) is 0 Å². The second kappa shape index (κ2) is 5.63. The molecule has 0 saturated heterocycles. The predicted octanol–water partition coefficient (Wildman–Crippen LogP) is 2.43. The fourth-order valence-electron chi connectivity index (χ4n) is 2.38. The fourth-order valence-corrected chi connectivity index (χ4v) is 2.38. The van der Waals surface area contributed by atoms with Gasteiger partial charge in [-0.2, -0.15) is 5.26 Å². The Morgan fingerprint density at radius 1 is 1.28 bits per heavy atom. The number of nitriles is 1. The van der Waals surface area contributed by atoms with Crippen LogP contribution in [0.25, 0.3) is 0 Å². The molecule has 18 heavy (non-hydrogen) atoms. The van der Waals surface area contributed by atoms with E-state index in [0.29, 0.717) is 5.69 Å². The minimum atomic E-state index is -0.703. The summed E-state index contributed by atoms with van der Waals surface area (Å²) >= 11 is 0. The molecule has 0 aliphatic heterocycles. The van der Waals surface area contributed by atoms with Crippen molar-refractivity contribution in [1.29, 1.82) is 5.26 Å². The molecule has 0 atom stereocenters. The van der Waals surface area contributed by atoms with Crippen LogP contribution in [-0.4, -0.2) is 16.4 Å². The van der Waals surface area contributed by atoms with Gasteiger partial charge >= 0.3 is 0 Å². The zero-order valence-electron chi connectivity index (χ0n) is 10.4. The fraction of sp³-hybridized carbons (Fsp3) is 0.500. The van der Waals surface area contributed by atoms with E-state index in [0.717, 1.165) is 38.5 Å². The molecular weight excluding hydrogens is 226 g/mol. The minimum absolute atomic E-state index is 0.251. The summed E-state index contributed by atoms with van der Waals surface area (Å²) in [7, 11) is 0. The lowest BCUT2D eigenvalue weighted by molar-refractivity contribution is 0.0908. The number of carbonyl (C=O) groups is 1. The van der Waals surface area contributed by atoms with Gasteiger partial charge < -0.3 is 5.32 Å². The van der Waals surface area contributed by atoms with Crippen molar-refractivity contribution in [1.82, 2.24) is 10.3 Å². The maximum atomic E-state index is 12.1. The Hall–Kier alpha value is -1.89. The molecule has 1 aliphatic carbocycles. The van der Waals surface area contributed by atoms with E-state index in [9.17, 15) is 10.1 Å². The van der Waals surface area contributed by atoms with Gasteiger partial charge in [0, 0.05) is 6.20 Å². The number of amides is 1. The van der Waals surface area contributed by atoms with Gasteiger partial charge in [0.2, 0.25) is 0 Å². The Morgan fingerprint density at radius 2 is 2.00 bits per heavy atom. The molecule has 0 spiro atoms. The maximum Gasteiger partial charge on any atom is 0.271 e. The molecule has 0 aromatic carbocycles. The van der Waals surface area contributed by atoms with Crippen molar-refractivity contribution >= 4 is 5.91 Å². The molecule has 94 valence electrons. The van der Waals surface area contributed by atoms with E-state index < -0.39 is 5.54 Å². The number of rotatable bonds is 2. The third-order valence-corrected chi connectivity index (χ3v) is 3.42. The number of nitrogens with zero attached hydrogens (tertiary/aromatic N) is 2. The molecular formula is C14H17N3O. The first-order chi connectivity index (χ1) is 8.76. The molecule has 4 nitrogen and oxygen atoms in total. The number of hydrogen-bond acceptors (Lipinski definition) is 3. The third kappa shape index (κ3) is 2.86. The monoisotopic (exact) mass is 243 g/mol. The highest BCUT2D eigenvalue weighted by molar-refractivity contribution is 5.93. The van der Waals surface area contributed by atoms with Crippen LogP contribution in [0.1, 0.15) is 49.0 Å². The van der Waals surface area contributed by atoms with E-state index in [-0.39, 0.29) is 5.91 Å². The summed E-state index contributed by atoms with van der Waals surface area (Å²) < 4.78 is 0. The largest absolute Gasteiger partial charge is 0.332 e. The van der Waals surface area contributed by atoms with Crippen LogP contribution in [0.2, 0.25) is 0 Å². The highest BCUT2D eigenvalue weighted by Gasteiger charge is 2.32. The lowest BCUT2D eigenvalue weighted by Crippen LogP contribution is -2.47. The zero-order valence-corrected chi connectivity index (χ0v) is 10.4. The third-order valence-electron chi connectivity index (χ3n) is 3.42. The van der Waals surface area contributed by atoms with Gasteiger partial charge in [-0.3, -0.25) is 9.78 Å². The predicted molar refractivity (Wildman–Crippen MR) is 67.7 cm³/mol. The molecule has 1 amide bonds. The van der Waals surface area contributed by atoms with Crippen LogP contribution in [0, 0.1) is 11.3 Å². The molecule has 1 aliphatic rings. The average Bonchev–Trinajstić information content (AvgIpc) is 2.66. The smallest absolute Gasteiger partial charge is 0.271 e. The minimum Gasteiger partial charge on any atom is -0.332 e. The number of nitrogens with one attached hydrogen (secondary N) is 1. The Bertz CT molecular complexity index is 442. The van der Waals surface area contributed by atoms with Gasteiger partial charge in [-0.05, 0) is 25.0 Å². The Kier molecular flexibility index (Phi) is 3.93. The van der Waals surface area contributed by atoms with E-state index in [1.807, 2.05) is 0 Å². The van der Waals surface area contributed by atoms with E-state index in [1.54, 1.807) is 24.4 Å². The summed E-state index contributed by atoms with van der Waals surface area (Å²) in [6.45, 7) is 0. The Morgan fingerprint density at radius 3 is 2.56 bits per heavy atom. The molecule has 0 radical (unpaired) electrons. The Labute approximate surface area is 107 Å². The van der Waals surface area contributed by atoms with Crippen molar-refractivity contribution in [2.75, 3.05) is 0 Å². The summed E-state index contributed by atoms with van der Waals surface area (Å²) in [6, 6.07) is 7.50. The normalized spacial score (nSPS) is 18.4. The van der Waals surface area contributed by atoms with E-state index in [1.165, 1.54) is 0 Å². The van der Waals surface area contributed by atoms with Crippen molar-refractivity contribution in [2.45, 2.75) is 44.1 Å².